The maximum atomic E-state index is 11.4. The summed E-state index contributed by atoms with van der Waals surface area (Å²) in [6.07, 6.45) is 1.52. The Balaban J connectivity index is 2.87. The highest BCUT2D eigenvalue weighted by Gasteiger charge is 2.10. The molecule has 0 aromatic carbocycles. The molecule has 0 aliphatic rings. The average molecular weight is 183 g/mol. The van der Waals surface area contributed by atoms with Crippen molar-refractivity contribution >= 4 is 22.1 Å². The number of carbonyl (C=O) groups is 1. The van der Waals surface area contributed by atoms with Crippen LogP contribution in [0, 0.1) is 6.92 Å². The molecule has 3 heteroatoms. The standard InChI is InChI=1S/C9H13NOS/c1-3-4-7(11)9-6(2)5-8(10)12-9/h5H,3-4,10H2,1-2H3. The van der Waals surface area contributed by atoms with E-state index in [1.54, 1.807) is 0 Å². The number of rotatable bonds is 3. The van der Waals surface area contributed by atoms with Gasteiger partial charge in [0.05, 0.1) is 9.88 Å². The molecule has 0 atom stereocenters. The number of carbonyl (C=O) groups excluding carboxylic acids is 1. The number of nitrogens with two attached hydrogens (primary N) is 1. The first kappa shape index (κ1) is 9.26. The highest BCUT2D eigenvalue weighted by atomic mass is 32.1. The third-order valence-corrected chi connectivity index (χ3v) is 2.77. The lowest BCUT2D eigenvalue weighted by Crippen LogP contribution is -1.96. The number of thiophene rings is 1. The van der Waals surface area contributed by atoms with Crippen molar-refractivity contribution in [2.24, 2.45) is 0 Å². The van der Waals surface area contributed by atoms with Gasteiger partial charge in [0.2, 0.25) is 0 Å². The van der Waals surface area contributed by atoms with Crippen molar-refractivity contribution < 1.29 is 4.79 Å². The van der Waals surface area contributed by atoms with E-state index < -0.39 is 0 Å². The second-order valence-corrected chi connectivity index (χ2v) is 3.92. The van der Waals surface area contributed by atoms with Gasteiger partial charge in [-0.3, -0.25) is 4.79 Å². The number of hydrogen-bond donors (Lipinski definition) is 1. The van der Waals surface area contributed by atoms with Crippen molar-refractivity contribution in [3.8, 4) is 0 Å². The van der Waals surface area contributed by atoms with E-state index in [0.29, 0.717) is 6.42 Å². The van der Waals surface area contributed by atoms with E-state index in [9.17, 15) is 4.79 Å². The summed E-state index contributed by atoms with van der Waals surface area (Å²) in [6.45, 7) is 3.93. The molecule has 2 N–H and O–H groups in total. The topological polar surface area (TPSA) is 43.1 Å². The molecule has 0 amide bonds. The van der Waals surface area contributed by atoms with Crippen molar-refractivity contribution in [3.63, 3.8) is 0 Å². The second-order valence-electron chi connectivity index (χ2n) is 2.83. The first-order chi connectivity index (χ1) is 5.65. The molecule has 66 valence electrons. The number of nitrogen functional groups attached to an aromatic ring is 1. The highest BCUT2D eigenvalue weighted by molar-refractivity contribution is 7.18. The van der Waals surface area contributed by atoms with Gasteiger partial charge in [-0.1, -0.05) is 6.92 Å². The molecule has 1 aromatic heterocycles. The average Bonchev–Trinajstić information content (AvgIpc) is 2.30. The summed E-state index contributed by atoms with van der Waals surface area (Å²) in [4.78, 5) is 12.3. The van der Waals surface area contributed by atoms with Crippen LogP contribution in [0.15, 0.2) is 6.07 Å². The lowest BCUT2D eigenvalue weighted by molar-refractivity contribution is 0.0985. The SMILES string of the molecule is CCCC(=O)c1sc(N)cc1C. The number of ketones is 1. The third-order valence-electron chi connectivity index (χ3n) is 1.67. The van der Waals surface area contributed by atoms with Crippen LogP contribution < -0.4 is 5.73 Å². The van der Waals surface area contributed by atoms with Gasteiger partial charge in [0.25, 0.3) is 0 Å². The Bertz CT molecular complexity index is 291. The Morgan fingerprint density at radius 3 is 2.75 bits per heavy atom. The van der Waals surface area contributed by atoms with E-state index in [-0.39, 0.29) is 5.78 Å². The monoisotopic (exact) mass is 183 g/mol. The van der Waals surface area contributed by atoms with Crippen LogP contribution in [-0.2, 0) is 0 Å². The van der Waals surface area contributed by atoms with Gasteiger partial charge in [0, 0.05) is 6.42 Å². The number of aryl methyl sites for hydroxylation is 1. The van der Waals surface area contributed by atoms with Crippen molar-refractivity contribution in [3.05, 3.63) is 16.5 Å². The van der Waals surface area contributed by atoms with Gasteiger partial charge >= 0.3 is 0 Å². The van der Waals surface area contributed by atoms with Gasteiger partial charge in [-0.25, -0.2) is 0 Å². The van der Waals surface area contributed by atoms with Gasteiger partial charge in [-0.05, 0) is 25.0 Å². The molecule has 0 unspecified atom stereocenters. The van der Waals surface area contributed by atoms with Crippen LogP contribution in [0.4, 0.5) is 5.00 Å². The zero-order valence-electron chi connectivity index (χ0n) is 7.39. The molecule has 0 radical (unpaired) electrons. The van der Waals surface area contributed by atoms with E-state index in [2.05, 4.69) is 0 Å². The summed E-state index contributed by atoms with van der Waals surface area (Å²) in [5.41, 5.74) is 6.59. The van der Waals surface area contributed by atoms with E-state index in [0.717, 1.165) is 21.9 Å². The van der Waals surface area contributed by atoms with Crippen molar-refractivity contribution in [1.29, 1.82) is 0 Å². The summed E-state index contributed by atoms with van der Waals surface area (Å²) < 4.78 is 0. The number of anilines is 1. The van der Waals surface area contributed by atoms with Crippen LogP contribution >= 0.6 is 11.3 Å². The van der Waals surface area contributed by atoms with Gasteiger partial charge in [-0.2, -0.15) is 0 Å². The summed E-state index contributed by atoms with van der Waals surface area (Å²) in [6, 6.07) is 1.85. The smallest absolute Gasteiger partial charge is 0.173 e. The van der Waals surface area contributed by atoms with Crippen LogP contribution in [0.2, 0.25) is 0 Å². The fraction of sp³-hybridized carbons (Fsp3) is 0.444. The van der Waals surface area contributed by atoms with Crippen LogP contribution in [0.1, 0.15) is 35.0 Å². The fourth-order valence-electron chi connectivity index (χ4n) is 1.12. The maximum Gasteiger partial charge on any atom is 0.173 e. The van der Waals surface area contributed by atoms with Crippen LogP contribution in [0.25, 0.3) is 0 Å². The molecular weight excluding hydrogens is 170 g/mol. The Kier molecular flexibility index (Phi) is 2.87. The zero-order chi connectivity index (χ0) is 9.14. The number of hydrogen-bond acceptors (Lipinski definition) is 3. The predicted octanol–water partition coefficient (Wildman–Crippen LogP) is 2.62. The molecule has 2 nitrogen and oxygen atoms in total. The second kappa shape index (κ2) is 3.72. The summed E-state index contributed by atoms with van der Waals surface area (Å²) in [7, 11) is 0. The molecule has 0 saturated carbocycles. The zero-order valence-corrected chi connectivity index (χ0v) is 8.20. The third kappa shape index (κ3) is 1.85. The molecule has 0 bridgehead atoms. The quantitative estimate of drug-likeness (QED) is 0.732. The maximum absolute atomic E-state index is 11.4. The summed E-state index contributed by atoms with van der Waals surface area (Å²) in [5, 5.41) is 0.729. The molecule has 1 heterocycles. The van der Waals surface area contributed by atoms with Crippen LogP contribution in [0.3, 0.4) is 0 Å². The van der Waals surface area contributed by atoms with E-state index in [1.807, 2.05) is 19.9 Å². The molecule has 0 spiro atoms. The Labute approximate surface area is 76.4 Å². The van der Waals surface area contributed by atoms with Crippen molar-refractivity contribution in [2.45, 2.75) is 26.7 Å². The molecule has 0 aliphatic heterocycles. The lowest BCUT2D eigenvalue weighted by Gasteiger charge is -1.94. The van der Waals surface area contributed by atoms with Gasteiger partial charge < -0.3 is 5.73 Å². The van der Waals surface area contributed by atoms with Gasteiger partial charge in [0.1, 0.15) is 0 Å². The molecule has 0 fully saturated rings. The first-order valence-electron chi connectivity index (χ1n) is 4.04. The minimum Gasteiger partial charge on any atom is -0.391 e. The largest absolute Gasteiger partial charge is 0.391 e. The molecular formula is C9H13NOS. The van der Waals surface area contributed by atoms with Crippen molar-refractivity contribution in [1.82, 2.24) is 0 Å². The van der Waals surface area contributed by atoms with E-state index in [4.69, 9.17) is 5.73 Å². The number of Topliss-reactive ketones (excluding diaryl/α,β-unsaturated/α-hetero) is 1. The molecule has 0 aliphatic carbocycles. The Morgan fingerprint density at radius 1 is 1.67 bits per heavy atom. The van der Waals surface area contributed by atoms with Crippen LogP contribution in [-0.4, -0.2) is 5.78 Å². The Morgan fingerprint density at radius 2 is 2.33 bits per heavy atom. The normalized spacial score (nSPS) is 10.2. The summed E-state index contributed by atoms with van der Waals surface area (Å²) in [5.74, 6) is 0.219. The van der Waals surface area contributed by atoms with Gasteiger partial charge in [0.15, 0.2) is 5.78 Å². The lowest BCUT2D eigenvalue weighted by atomic mass is 10.1. The van der Waals surface area contributed by atoms with E-state index in [1.165, 1.54) is 11.3 Å². The van der Waals surface area contributed by atoms with Crippen molar-refractivity contribution in [2.75, 3.05) is 5.73 Å². The fourth-order valence-corrected chi connectivity index (χ4v) is 2.03. The predicted molar refractivity (Wildman–Crippen MR) is 52.7 cm³/mol. The summed E-state index contributed by atoms with van der Waals surface area (Å²) >= 11 is 1.39. The molecule has 0 saturated heterocycles. The minimum absolute atomic E-state index is 0.219. The molecule has 12 heavy (non-hydrogen) atoms. The molecule has 1 aromatic rings. The van der Waals surface area contributed by atoms with Crippen LogP contribution in [0.5, 0.6) is 0 Å². The molecule has 1 rings (SSSR count). The highest BCUT2D eigenvalue weighted by Crippen LogP contribution is 2.25. The van der Waals surface area contributed by atoms with Gasteiger partial charge in [-0.15, -0.1) is 11.3 Å². The first-order valence-corrected chi connectivity index (χ1v) is 4.86. The Hall–Kier alpha value is -0.830. The minimum atomic E-state index is 0.219. The van der Waals surface area contributed by atoms with E-state index >= 15 is 0 Å².